The van der Waals surface area contributed by atoms with E-state index in [4.69, 9.17) is 42.6 Å². The van der Waals surface area contributed by atoms with Crippen LogP contribution in [0.4, 0.5) is 9.59 Å². The SMILES string of the molecule is CCC(C)COC(=O)C(C)C.COCC(C)C(=O)C(C)C.COCC(C)C(=O)C(C)C.COCCOCCOC(=O)NCC(NC(=O)OCCOCCOC)C(=O)C(C)C.CSCC(C)C(=O)C(C)C.CSCC(C)C(=O)C(C)C. The molecular weight excluding hydrogens is 1070 g/mol. The Morgan fingerprint density at radius 2 is 0.725 bits per heavy atom. The maximum absolute atomic E-state index is 12.3. The second-order valence-corrected chi connectivity index (χ2v) is 22.9. The molecule has 0 aromatic carbocycles. The highest BCUT2D eigenvalue weighted by Gasteiger charge is 2.25. The summed E-state index contributed by atoms with van der Waals surface area (Å²) in [6, 6.07) is -0.942. The third-order valence-corrected chi connectivity index (χ3v) is 12.7. The molecule has 80 heavy (non-hydrogen) atoms. The van der Waals surface area contributed by atoms with Crippen molar-refractivity contribution in [2.45, 2.75) is 137 Å². The topological polar surface area (TPSA) is 244 Å². The summed E-state index contributed by atoms with van der Waals surface area (Å²) in [5.74, 6) is 4.24. The molecule has 0 fully saturated rings. The van der Waals surface area contributed by atoms with Gasteiger partial charge in [0, 0.05) is 99.8 Å². The Balaban J connectivity index is -0.000000224. The normalized spacial score (nSPS) is 12.9. The number of carbonyl (C=O) groups is 8. The summed E-state index contributed by atoms with van der Waals surface area (Å²) in [6.07, 6.45) is 3.63. The minimum absolute atomic E-state index is 0.000874. The Morgan fingerprint density at radius 3 is 1.02 bits per heavy atom. The number of ether oxygens (including phenoxy) is 9. The Labute approximate surface area is 494 Å². The molecule has 0 aliphatic carbocycles. The van der Waals surface area contributed by atoms with E-state index in [1.54, 1.807) is 65.8 Å². The van der Waals surface area contributed by atoms with Crippen LogP contribution in [-0.2, 0) is 71.4 Å². The zero-order chi connectivity index (χ0) is 63.3. The summed E-state index contributed by atoms with van der Waals surface area (Å²) in [4.78, 5) is 91.5. The molecule has 0 rings (SSSR count). The molecule has 6 atom stereocenters. The second-order valence-electron chi connectivity index (χ2n) is 21.1. The predicted octanol–water partition coefficient (Wildman–Crippen LogP) is 10.00. The van der Waals surface area contributed by atoms with Crippen molar-refractivity contribution in [2.24, 2.45) is 65.1 Å². The molecule has 0 radical (unpaired) electrons. The summed E-state index contributed by atoms with van der Waals surface area (Å²) in [7, 11) is 6.34. The van der Waals surface area contributed by atoms with E-state index >= 15 is 0 Å². The van der Waals surface area contributed by atoms with Crippen LogP contribution in [-0.4, -0.2) is 185 Å². The Bertz CT molecular complexity index is 1450. The number of hydrogen-bond acceptors (Lipinski definition) is 19. The van der Waals surface area contributed by atoms with Gasteiger partial charge in [-0.15, -0.1) is 0 Å². The van der Waals surface area contributed by atoms with Crippen molar-refractivity contribution in [1.82, 2.24) is 10.6 Å². The van der Waals surface area contributed by atoms with Crippen molar-refractivity contribution in [1.29, 1.82) is 0 Å². The van der Waals surface area contributed by atoms with Gasteiger partial charge >= 0.3 is 18.2 Å². The van der Waals surface area contributed by atoms with Crippen molar-refractivity contribution in [3.8, 4) is 0 Å². The van der Waals surface area contributed by atoms with Crippen LogP contribution in [0.25, 0.3) is 0 Å². The summed E-state index contributed by atoms with van der Waals surface area (Å²) in [5.41, 5.74) is 0. The molecule has 2 amide bonds. The van der Waals surface area contributed by atoms with Crippen molar-refractivity contribution < 1.29 is 81.0 Å². The molecule has 0 saturated carbocycles. The van der Waals surface area contributed by atoms with Gasteiger partial charge in [-0.3, -0.25) is 28.8 Å². The molecular formula is C59H116N2O17S2. The monoisotopic (exact) mass is 1190 g/mol. The first-order valence-corrected chi connectivity index (χ1v) is 30.9. The lowest BCUT2D eigenvalue weighted by molar-refractivity contribution is -0.148. The predicted molar refractivity (Wildman–Crippen MR) is 325 cm³/mol. The van der Waals surface area contributed by atoms with Gasteiger partial charge in [0.05, 0.1) is 65.4 Å². The fourth-order valence-corrected chi connectivity index (χ4v) is 7.36. The molecule has 21 heteroatoms. The molecule has 0 aliphatic heterocycles. The van der Waals surface area contributed by atoms with Gasteiger partial charge in [-0.05, 0) is 18.4 Å². The molecule has 0 aromatic rings. The van der Waals surface area contributed by atoms with Gasteiger partial charge in [-0.1, -0.05) is 131 Å². The van der Waals surface area contributed by atoms with Gasteiger partial charge in [-0.2, -0.15) is 23.5 Å². The number of hydrogen-bond donors (Lipinski definition) is 2. The molecule has 0 aliphatic rings. The number of alkyl carbamates (subject to hydrolysis) is 2. The van der Waals surface area contributed by atoms with E-state index in [2.05, 4.69) is 24.5 Å². The van der Waals surface area contributed by atoms with Gasteiger partial charge in [0.15, 0.2) is 5.78 Å². The molecule has 6 unspecified atom stereocenters. The summed E-state index contributed by atoms with van der Waals surface area (Å²) < 4.78 is 44.6. The Kier molecular flexibility index (Phi) is 64.9. The van der Waals surface area contributed by atoms with Crippen molar-refractivity contribution >= 4 is 70.6 Å². The molecule has 19 nitrogen and oxygen atoms in total. The van der Waals surface area contributed by atoms with Gasteiger partial charge in [0.1, 0.15) is 42.4 Å². The molecule has 0 aromatic heterocycles. The van der Waals surface area contributed by atoms with Crippen LogP contribution in [0.2, 0.25) is 0 Å². The quantitative estimate of drug-likeness (QED) is 0.0334. The van der Waals surface area contributed by atoms with Crippen LogP contribution in [0, 0.1) is 65.1 Å². The highest BCUT2D eigenvalue weighted by molar-refractivity contribution is 7.98. The molecule has 2 N–H and O–H groups in total. The van der Waals surface area contributed by atoms with Crippen LogP contribution in [0.5, 0.6) is 0 Å². The number of rotatable bonds is 37. The van der Waals surface area contributed by atoms with Crippen LogP contribution >= 0.6 is 23.5 Å². The number of nitrogens with one attached hydrogen (secondary N) is 2. The average Bonchev–Trinajstić information content (AvgIpc) is 3.40. The second kappa shape index (κ2) is 59.0. The van der Waals surface area contributed by atoms with Gasteiger partial charge in [0.25, 0.3) is 0 Å². The van der Waals surface area contributed by atoms with Crippen LogP contribution in [0.3, 0.4) is 0 Å². The number of ketones is 5. The maximum atomic E-state index is 12.3. The number of methoxy groups -OCH3 is 4. The fraction of sp³-hybridized carbons (Fsp3) is 0.864. The first-order chi connectivity index (χ1) is 37.4. The molecule has 0 bridgehead atoms. The van der Waals surface area contributed by atoms with Gasteiger partial charge < -0.3 is 53.3 Å². The minimum Gasteiger partial charge on any atom is -0.465 e. The van der Waals surface area contributed by atoms with Crippen LogP contribution in [0.15, 0.2) is 0 Å². The zero-order valence-corrected chi connectivity index (χ0v) is 55.9. The third-order valence-electron chi connectivity index (χ3n) is 11.0. The van der Waals surface area contributed by atoms with Crippen molar-refractivity contribution in [3.63, 3.8) is 0 Å². The Hall–Kier alpha value is -3.18. The molecule has 0 spiro atoms. The smallest absolute Gasteiger partial charge is 0.407 e. The molecule has 0 saturated heterocycles. The summed E-state index contributed by atoms with van der Waals surface area (Å²) in [5, 5.41) is 4.89. The number of amides is 2. The lowest BCUT2D eigenvalue weighted by atomic mass is 9.98. The molecule has 0 heterocycles. The van der Waals surface area contributed by atoms with Gasteiger partial charge in [-0.25, -0.2) is 9.59 Å². The van der Waals surface area contributed by atoms with E-state index in [0.29, 0.717) is 63.7 Å². The lowest BCUT2D eigenvalue weighted by Crippen LogP contribution is -2.50. The van der Waals surface area contributed by atoms with E-state index in [0.717, 1.165) is 17.9 Å². The van der Waals surface area contributed by atoms with Crippen LogP contribution in [0.1, 0.15) is 131 Å². The standard InChI is InChI=1S/C18H34N2O9.C9H18O2.2C8H16O2.2C8H16OS/c1-14(2)16(21)15(20-18(23)29-12-10-27-8-6-25-4)13-19-17(22)28-11-9-26-7-5-24-3;1-5-8(4)6-11-9(10)7(2)3;4*1-6(2)8(9)7(3)5-10-4/h14-15H,5-13H2,1-4H3,(H,19,22)(H,20,23);7-8H,5-6H2,1-4H3;4*6-7H,5H2,1-4H3. The summed E-state index contributed by atoms with van der Waals surface area (Å²) >= 11 is 3.47. The number of esters is 1. The van der Waals surface area contributed by atoms with Crippen molar-refractivity contribution in [3.05, 3.63) is 0 Å². The number of carbonyl (C=O) groups excluding carboxylic acids is 8. The van der Waals surface area contributed by atoms with E-state index in [1.165, 1.54) is 0 Å². The highest BCUT2D eigenvalue weighted by Crippen LogP contribution is 2.12. The highest BCUT2D eigenvalue weighted by atomic mass is 32.2. The third kappa shape index (κ3) is 56.7. The zero-order valence-electron chi connectivity index (χ0n) is 54.3. The van der Waals surface area contributed by atoms with Crippen LogP contribution < -0.4 is 10.6 Å². The number of thioether (sulfide) groups is 2. The van der Waals surface area contributed by atoms with E-state index in [1.807, 2.05) is 109 Å². The first-order valence-electron chi connectivity index (χ1n) is 28.1. The number of Topliss-reactive ketones (excluding diaryl/α,β-unsaturated/α-hetero) is 5. The molecule has 476 valence electrons. The van der Waals surface area contributed by atoms with E-state index in [-0.39, 0.29) is 115 Å². The van der Waals surface area contributed by atoms with Crippen molar-refractivity contribution in [2.75, 3.05) is 132 Å². The van der Waals surface area contributed by atoms with E-state index in [9.17, 15) is 38.4 Å². The average molecular weight is 1190 g/mol. The Morgan fingerprint density at radius 1 is 0.388 bits per heavy atom. The maximum Gasteiger partial charge on any atom is 0.407 e. The summed E-state index contributed by atoms with van der Waals surface area (Å²) in [6.45, 7) is 38.2. The van der Waals surface area contributed by atoms with Gasteiger partial charge in [0.2, 0.25) is 0 Å². The first kappa shape index (κ1) is 88.1. The lowest BCUT2D eigenvalue weighted by Gasteiger charge is -2.19. The fourth-order valence-electron chi connectivity index (χ4n) is 6.03. The van der Waals surface area contributed by atoms with E-state index < -0.39 is 18.2 Å². The largest absolute Gasteiger partial charge is 0.465 e. The minimum atomic E-state index is -0.942.